The molecule has 2 aromatic carbocycles. The molecule has 1 amide bonds. The lowest BCUT2D eigenvalue weighted by molar-refractivity contribution is -0.137. The highest BCUT2D eigenvalue weighted by molar-refractivity contribution is 6.31. The number of ether oxygens (including phenoxy) is 1. The Morgan fingerprint density at radius 2 is 1.78 bits per heavy atom. The Kier molecular flexibility index (Phi) is 7.18. The predicted octanol–water partition coefficient (Wildman–Crippen LogP) is 5.92. The van der Waals surface area contributed by atoms with Crippen molar-refractivity contribution in [2.45, 2.75) is 19.6 Å². The summed E-state index contributed by atoms with van der Waals surface area (Å²) in [7, 11) is 0. The highest BCUT2D eigenvalue weighted by Gasteiger charge is 2.33. The molecule has 12 heteroatoms. The number of nitrogens with one attached hydrogen (secondary N) is 1. The highest BCUT2D eigenvalue weighted by atomic mass is 35.5. The molecule has 1 aliphatic rings. The summed E-state index contributed by atoms with van der Waals surface area (Å²) in [5.74, 6) is -0.0833. The summed E-state index contributed by atoms with van der Waals surface area (Å²) in [6, 6.07) is 14.7. The summed E-state index contributed by atoms with van der Waals surface area (Å²) < 4.78 is 49.7. The van der Waals surface area contributed by atoms with Gasteiger partial charge in [0.2, 0.25) is 5.95 Å². The Labute approximate surface area is 238 Å². The molecule has 1 aliphatic heterocycles. The van der Waals surface area contributed by atoms with Gasteiger partial charge in [-0.3, -0.25) is 15.0 Å². The van der Waals surface area contributed by atoms with Crippen LogP contribution in [0.2, 0.25) is 5.02 Å². The maximum absolute atomic E-state index is 13.5. The fraction of sp³-hybridized carbons (Fsp3) is 0.276. The Bertz CT molecular complexity index is 1760. The number of hydrogen-bond donors (Lipinski definition) is 1. The molecule has 1 N–H and O–H groups in total. The Balaban J connectivity index is 1.36. The third-order valence-electron chi connectivity index (χ3n) is 7.25. The maximum atomic E-state index is 13.5. The molecule has 0 spiro atoms. The lowest BCUT2D eigenvalue weighted by atomic mass is 10.0. The van der Waals surface area contributed by atoms with Gasteiger partial charge in [0.05, 0.1) is 34.8 Å². The number of hydrogen-bond acceptors (Lipinski definition) is 5. The van der Waals surface area contributed by atoms with E-state index in [9.17, 15) is 18.0 Å². The van der Waals surface area contributed by atoms with Gasteiger partial charge in [0, 0.05) is 38.1 Å². The lowest BCUT2D eigenvalue weighted by Gasteiger charge is -2.26. The zero-order valence-electron chi connectivity index (χ0n) is 22.1. The largest absolute Gasteiger partial charge is 0.417 e. The molecular weight excluding hydrogens is 557 g/mol. The normalized spacial score (nSPS) is 14.7. The number of aromatic nitrogens is 4. The lowest BCUT2D eigenvalue weighted by Crippen LogP contribution is -2.38. The standard InChI is InChI=1S/C29H26ClF3N6O2/c1-18-3-2-4-26-34-24(17-39(18)26)27(40)36-28-35-23-16-20(19-5-7-22(30)21(15-19)29(31,32)33)6-8-25(23)38(28)10-9-37-11-13-41-14-12-37/h2-8,15-17H,9-14H2,1H3,(H,35,36,40). The van der Waals surface area contributed by atoms with Crippen LogP contribution in [0.1, 0.15) is 21.7 Å². The Hall–Kier alpha value is -3.93. The number of alkyl halides is 3. The number of benzene rings is 2. The molecule has 0 atom stereocenters. The molecule has 0 radical (unpaired) electrons. The number of aryl methyl sites for hydroxylation is 1. The number of rotatable bonds is 6. The second kappa shape index (κ2) is 10.8. The average Bonchev–Trinajstić information content (AvgIpc) is 3.54. The fourth-order valence-corrected chi connectivity index (χ4v) is 5.27. The third-order valence-corrected chi connectivity index (χ3v) is 7.58. The molecule has 6 rings (SSSR count). The summed E-state index contributed by atoms with van der Waals surface area (Å²) in [5.41, 5.74) is 3.12. The summed E-state index contributed by atoms with van der Waals surface area (Å²) in [6.07, 6.45) is -2.90. The number of fused-ring (bicyclic) bond motifs is 2. The minimum Gasteiger partial charge on any atom is -0.379 e. The van der Waals surface area contributed by atoms with E-state index < -0.39 is 17.6 Å². The van der Waals surface area contributed by atoms with Crippen molar-refractivity contribution in [2.75, 3.05) is 38.2 Å². The van der Waals surface area contributed by atoms with Gasteiger partial charge in [-0.1, -0.05) is 29.8 Å². The molecule has 4 heterocycles. The number of pyridine rings is 1. The predicted molar refractivity (Wildman–Crippen MR) is 150 cm³/mol. The molecule has 1 fully saturated rings. The zero-order chi connectivity index (χ0) is 28.7. The monoisotopic (exact) mass is 582 g/mol. The quantitative estimate of drug-likeness (QED) is 0.269. The summed E-state index contributed by atoms with van der Waals surface area (Å²) in [6.45, 7) is 6.09. The molecule has 41 heavy (non-hydrogen) atoms. The van der Waals surface area contributed by atoms with Crippen molar-refractivity contribution in [2.24, 2.45) is 0 Å². The van der Waals surface area contributed by atoms with Crippen LogP contribution in [0.5, 0.6) is 0 Å². The average molecular weight is 583 g/mol. The summed E-state index contributed by atoms with van der Waals surface area (Å²) >= 11 is 5.83. The summed E-state index contributed by atoms with van der Waals surface area (Å²) in [5, 5.41) is 2.55. The van der Waals surface area contributed by atoms with Crippen molar-refractivity contribution in [1.29, 1.82) is 0 Å². The van der Waals surface area contributed by atoms with E-state index >= 15 is 0 Å². The van der Waals surface area contributed by atoms with Crippen molar-refractivity contribution in [3.05, 3.63) is 82.8 Å². The van der Waals surface area contributed by atoms with Crippen LogP contribution in [0.3, 0.4) is 0 Å². The molecule has 0 bridgehead atoms. The smallest absolute Gasteiger partial charge is 0.379 e. The van der Waals surface area contributed by atoms with E-state index in [1.807, 2.05) is 40.2 Å². The van der Waals surface area contributed by atoms with Crippen LogP contribution in [-0.2, 0) is 17.5 Å². The van der Waals surface area contributed by atoms with Crippen LogP contribution >= 0.6 is 11.6 Å². The van der Waals surface area contributed by atoms with Crippen molar-refractivity contribution in [1.82, 2.24) is 23.8 Å². The second-order valence-electron chi connectivity index (χ2n) is 9.91. The van der Waals surface area contributed by atoms with E-state index in [1.165, 1.54) is 6.07 Å². The van der Waals surface area contributed by atoms with Gasteiger partial charge in [-0.2, -0.15) is 13.2 Å². The first-order chi connectivity index (χ1) is 19.7. The van der Waals surface area contributed by atoms with Gasteiger partial charge in [-0.15, -0.1) is 0 Å². The number of carbonyl (C=O) groups is 1. The SMILES string of the molecule is Cc1cccc2nc(C(=O)Nc3nc4cc(-c5ccc(Cl)c(C(F)(F)F)c5)ccc4n3CCN3CCOCC3)cn12. The van der Waals surface area contributed by atoms with Crippen molar-refractivity contribution < 1.29 is 22.7 Å². The van der Waals surface area contributed by atoms with Gasteiger partial charge in [-0.05, 0) is 54.4 Å². The second-order valence-corrected chi connectivity index (χ2v) is 10.3. The number of anilines is 1. The molecular formula is C29H26ClF3N6O2. The minimum atomic E-state index is -4.58. The highest BCUT2D eigenvalue weighted by Crippen LogP contribution is 2.38. The topological polar surface area (TPSA) is 76.7 Å². The number of imidazole rings is 2. The number of halogens is 4. The molecule has 5 aromatic rings. The molecule has 212 valence electrons. The Morgan fingerprint density at radius 1 is 1.02 bits per heavy atom. The van der Waals surface area contributed by atoms with E-state index in [0.29, 0.717) is 54.5 Å². The van der Waals surface area contributed by atoms with Gasteiger partial charge in [0.1, 0.15) is 11.3 Å². The Morgan fingerprint density at radius 3 is 2.54 bits per heavy atom. The first kappa shape index (κ1) is 27.3. The van der Waals surface area contributed by atoms with Crippen LogP contribution in [0.15, 0.2) is 60.8 Å². The third kappa shape index (κ3) is 5.52. The van der Waals surface area contributed by atoms with Crippen molar-refractivity contribution in [3.8, 4) is 11.1 Å². The minimum absolute atomic E-state index is 0.243. The van der Waals surface area contributed by atoms with Gasteiger partial charge >= 0.3 is 6.18 Å². The van der Waals surface area contributed by atoms with Crippen LogP contribution in [0.25, 0.3) is 27.8 Å². The van der Waals surface area contributed by atoms with Gasteiger partial charge < -0.3 is 13.7 Å². The maximum Gasteiger partial charge on any atom is 0.417 e. The van der Waals surface area contributed by atoms with E-state index in [0.717, 1.165) is 30.4 Å². The van der Waals surface area contributed by atoms with E-state index in [-0.39, 0.29) is 10.7 Å². The zero-order valence-corrected chi connectivity index (χ0v) is 22.8. The first-order valence-corrected chi connectivity index (χ1v) is 13.5. The van der Waals surface area contributed by atoms with Crippen LogP contribution in [0.4, 0.5) is 19.1 Å². The molecule has 0 unspecified atom stereocenters. The first-order valence-electron chi connectivity index (χ1n) is 13.1. The van der Waals surface area contributed by atoms with Gasteiger partial charge in [-0.25, -0.2) is 9.97 Å². The van der Waals surface area contributed by atoms with Gasteiger partial charge in [0.15, 0.2) is 0 Å². The number of nitrogens with zero attached hydrogens (tertiary/aromatic N) is 5. The van der Waals surface area contributed by atoms with Crippen LogP contribution < -0.4 is 5.32 Å². The number of amides is 1. The molecule has 3 aromatic heterocycles. The molecule has 1 saturated heterocycles. The van der Waals surface area contributed by atoms with E-state index in [1.54, 1.807) is 24.4 Å². The van der Waals surface area contributed by atoms with Crippen LogP contribution in [-0.4, -0.2) is 62.6 Å². The van der Waals surface area contributed by atoms with Gasteiger partial charge in [0.25, 0.3) is 5.91 Å². The number of carbonyl (C=O) groups excluding carboxylic acids is 1. The summed E-state index contributed by atoms with van der Waals surface area (Å²) in [4.78, 5) is 24.7. The van der Waals surface area contributed by atoms with Crippen molar-refractivity contribution >= 4 is 40.1 Å². The van der Waals surface area contributed by atoms with E-state index in [2.05, 4.69) is 15.2 Å². The van der Waals surface area contributed by atoms with E-state index in [4.69, 9.17) is 21.3 Å². The molecule has 8 nitrogen and oxygen atoms in total. The van der Waals surface area contributed by atoms with Crippen LogP contribution in [0, 0.1) is 6.92 Å². The fourth-order valence-electron chi connectivity index (χ4n) is 5.04. The molecule has 0 aliphatic carbocycles. The number of morpholine rings is 1. The van der Waals surface area contributed by atoms with Crippen molar-refractivity contribution in [3.63, 3.8) is 0 Å². The molecule has 0 saturated carbocycles.